The van der Waals surface area contributed by atoms with Gasteiger partial charge in [0.25, 0.3) is 0 Å². The van der Waals surface area contributed by atoms with Crippen molar-refractivity contribution in [2.75, 3.05) is 25.4 Å². The SMILES string of the molecule is C[C@H](C(=O)O)N(CCOc1ccc(-c2c(C#N)c(N)nc(SCc3csc(-c4ccc(Cl)cc4)n3)c2C#N)cc1)C(=O)[C@@H](N)CCCN=C(N)N.Cl.Cl. The van der Waals surface area contributed by atoms with Gasteiger partial charge >= 0.3 is 5.97 Å². The molecule has 0 saturated carbocycles. The van der Waals surface area contributed by atoms with Gasteiger partial charge < -0.3 is 37.7 Å². The number of benzene rings is 2. The summed E-state index contributed by atoms with van der Waals surface area (Å²) in [6.07, 6.45) is 0.692. The zero-order valence-electron chi connectivity index (χ0n) is 28.3. The number of carboxylic acid groups (broad SMARTS) is 1. The molecule has 0 bridgehead atoms. The van der Waals surface area contributed by atoms with E-state index in [1.807, 2.05) is 17.5 Å². The van der Waals surface area contributed by atoms with Crippen LogP contribution in [0.3, 0.4) is 0 Å². The summed E-state index contributed by atoms with van der Waals surface area (Å²) >= 11 is 8.78. The minimum absolute atomic E-state index is 0. The number of rotatable bonds is 16. The Morgan fingerprint density at radius 2 is 1.70 bits per heavy atom. The number of carboxylic acids is 1. The van der Waals surface area contributed by atoms with Gasteiger partial charge in [-0.25, -0.2) is 14.8 Å². The van der Waals surface area contributed by atoms with Crippen LogP contribution >= 0.6 is 59.5 Å². The minimum Gasteiger partial charge on any atom is -0.492 e. The Balaban J connectivity index is 0.00000486. The van der Waals surface area contributed by atoms with Crippen LogP contribution in [0.1, 0.15) is 36.6 Å². The van der Waals surface area contributed by atoms with Gasteiger partial charge in [-0.05, 0) is 49.6 Å². The highest BCUT2D eigenvalue weighted by Gasteiger charge is 2.29. The molecular formula is C34H37Cl3N10O4S2. The highest BCUT2D eigenvalue weighted by molar-refractivity contribution is 7.98. The number of guanidine groups is 1. The normalized spacial score (nSPS) is 11.4. The maximum atomic E-state index is 13.1. The van der Waals surface area contributed by atoms with Crippen molar-refractivity contribution >= 4 is 83.2 Å². The first-order valence-corrected chi connectivity index (χ1v) is 17.7. The molecule has 280 valence electrons. The summed E-state index contributed by atoms with van der Waals surface area (Å²) in [7, 11) is 0. The number of hydrogen-bond donors (Lipinski definition) is 5. The number of aliphatic carboxylic acids is 1. The second-order valence-corrected chi connectivity index (χ2v) is 13.3. The number of aliphatic imine (C=N–C) groups is 1. The third-order valence-corrected chi connectivity index (χ3v) is 9.75. The summed E-state index contributed by atoms with van der Waals surface area (Å²) in [4.78, 5) is 38.9. The summed E-state index contributed by atoms with van der Waals surface area (Å²) in [5.74, 6) is -0.997. The number of carbonyl (C=O) groups is 2. The first kappa shape index (κ1) is 44.4. The zero-order chi connectivity index (χ0) is 37.1. The van der Waals surface area contributed by atoms with Gasteiger partial charge in [-0.3, -0.25) is 9.79 Å². The van der Waals surface area contributed by atoms with Crippen LogP contribution in [0, 0.1) is 22.7 Å². The number of nitrogen functional groups attached to an aromatic ring is 1. The number of nitrogens with zero attached hydrogens (tertiary/aromatic N) is 6. The number of thiazole rings is 1. The van der Waals surface area contributed by atoms with Crippen molar-refractivity contribution < 1.29 is 19.4 Å². The summed E-state index contributed by atoms with van der Waals surface area (Å²) in [6.45, 7) is 1.60. The van der Waals surface area contributed by atoms with E-state index in [1.54, 1.807) is 36.4 Å². The van der Waals surface area contributed by atoms with E-state index in [1.165, 1.54) is 30.0 Å². The van der Waals surface area contributed by atoms with Crippen LogP contribution < -0.4 is 27.7 Å². The van der Waals surface area contributed by atoms with E-state index in [9.17, 15) is 25.2 Å². The van der Waals surface area contributed by atoms with Crippen molar-refractivity contribution in [1.82, 2.24) is 14.9 Å². The van der Waals surface area contributed by atoms with Gasteiger partial charge in [0.1, 0.15) is 52.0 Å². The highest BCUT2D eigenvalue weighted by atomic mass is 35.5. The Hall–Kier alpha value is -4.81. The van der Waals surface area contributed by atoms with Gasteiger partial charge in [0.15, 0.2) is 5.96 Å². The number of halogens is 3. The van der Waals surface area contributed by atoms with E-state index in [0.29, 0.717) is 39.1 Å². The Morgan fingerprint density at radius 1 is 1.06 bits per heavy atom. The van der Waals surface area contributed by atoms with Crippen LogP contribution in [0.4, 0.5) is 5.82 Å². The number of aromatic nitrogens is 2. The second-order valence-electron chi connectivity index (χ2n) is 11.1. The molecule has 2 heterocycles. The quantitative estimate of drug-likeness (QED) is 0.0430. The van der Waals surface area contributed by atoms with E-state index in [-0.39, 0.29) is 73.8 Å². The summed E-state index contributed by atoms with van der Waals surface area (Å²) < 4.78 is 5.84. The lowest BCUT2D eigenvalue weighted by Crippen LogP contribution is -2.51. The predicted octanol–water partition coefficient (Wildman–Crippen LogP) is 5.05. The first-order chi connectivity index (χ1) is 24.4. The van der Waals surface area contributed by atoms with Gasteiger partial charge in [-0.15, -0.1) is 36.2 Å². The number of nitriles is 2. The number of carbonyl (C=O) groups excluding carboxylic acids is 1. The van der Waals surface area contributed by atoms with Crippen LogP contribution in [0.25, 0.3) is 21.7 Å². The molecule has 14 nitrogen and oxygen atoms in total. The molecule has 4 aromatic rings. The van der Waals surface area contributed by atoms with Crippen molar-refractivity contribution in [2.45, 2.75) is 42.6 Å². The molecule has 2 aromatic heterocycles. The molecule has 0 unspecified atom stereocenters. The third-order valence-electron chi connectivity index (χ3n) is 7.55. The van der Waals surface area contributed by atoms with Gasteiger partial charge in [-0.2, -0.15) is 10.5 Å². The first-order valence-electron chi connectivity index (χ1n) is 15.5. The molecule has 2 aromatic carbocycles. The van der Waals surface area contributed by atoms with E-state index in [2.05, 4.69) is 22.1 Å². The average molecular weight is 820 g/mol. The lowest BCUT2D eigenvalue weighted by molar-refractivity contribution is -0.150. The summed E-state index contributed by atoms with van der Waals surface area (Å²) in [5.41, 5.74) is 25.8. The molecule has 1 amide bonds. The molecule has 0 radical (unpaired) electrons. The molecule has 0 aliphatic carbocycles. The Morgan fingerprint density at radius 3 is 2.30 bits per heavy atom. The molecule has 53 heavy (non-hydrogen) atoms. The third kappa shape index (κ3) is 11.8. The molecule has 0 saturated heterocycles. The number of anilines is 1. The van der Waals surface area contributed by atoms with Gasteiger partial charge in [0.05, 0.1) is 23.8 Å². The number of amides is 1. The summed E-state index contributed by atoms with van der Waals surface area (Å²) in [5, 5.41) is 33.5. The maximum Gasteiger partial charge on any atom is 0.326 e. The molecule has 4 rings (SSSR count). The minimum atomic E-state index is -1.19. The van der Waals surface area contributed by atoms with Crippen LogP contribution in [0.15, 0.2) is 63.9 Å². The molecule has 2 atom stereocenters. The molecule has 0 aliphatic rings. The van der Waals surface area contributed by atoms with E-state index in [4.69, 9.17) is 44.3 Å². The van der Waals surface area contributed by atoms with Crippen LogP contribution in [0.5, 0.6) is 5.75 Å². The number of nitrogens with two attached hydrogens (primary N) is 4. The highest BCUT2D eigenvalue weighted by Crippen LogP contribution is 2.37. The fourth-order valence-corrected chi connectivity index (χ4v) is 6.84. The molecule has 19 heteroatoms. The number of thioether (sulfide) groups is 1. The fraction of sp³-hybridized carbons (Fsp3) is 0.265. The molecule has 0 aliphatic heterocycles. The van der Waals surface area contributed by atoms with Crippen molar-refractivity contribution in [3.63, 3.8) is 0 Å². The lowest BCUT2D eigenvalue weighted by atomic mass is 9.97. The number of pyridine rings is 1. The number of hydrogen-bond acceptors (Lipinski definition) is 12. The Bertz CT molecular complexity index is 1980. The zero-order valence-corrected chi connectivity index (χ0v) is 32.3. The van der Waals surface area contributed by atoms with Gasteiger partial charge in [-0.1, -0.05) is 47.6 Å². The van der Waals surface area contributed by atoms with Gasteiger partial charge in [0, 0.05) is 33.8 Å². The monoisotopic (exact) mass is 818 g/mol. The van der Waals surface area contributed by atoms with Crippen molar-refractivity contribution in [2.24, 2.45) is 22.2 Å². The molecular weight excluding hydrogens is 783 g/mol. The van der Waals surface area contributed by atoms with E-state index in [0.717, 1.165) is 21.2 Å². The van der Waals surface area contributed by atoms with Crippen LogP contribution in [-0.4, -0.2) is 69.6 Å². The molecule has 0 fully saturated rings. The second kappa shape index (κ2) is 21.0. The fourth-order valence-electron chi connectivity index (χ4n) is 4.90. The van der Waals surface area contributed by atoms with Crippen molar-refractivity contribution in [1.29, 1.82) is 10.5 Å². The Labute approximate surface area is 332 Å². The average Bonchev–Trinajstić information content (AvgIpc) is 3.59. The number of ether oxygens (including phenoxy) is 1. The lowest BCUT2D eigenvalue weighted by Gasteiger charge is -2.29. The summed E-state index contributed by atoms with van der Waals surface area (Å²) in [6, 6.07) is 16.2. The molecule has 0 spiro atoms. The maximum absolute atomic E-state index is 13.1. The largest absolute Gasteiger partial charge is 0.492 e. The molecule has 9 N–H and O–H groups in total. The van der Waals surface area contributed by atoms with Crippen molar-refractivity contribution in [3.8, 4) is 39.6 Å². The van der Waals surface area contributed by atoms with E-state index >= 15 is 0 Å². The topological polar surface area (TPSA) is 257 Å². The Kier molecular flexibility index (Phi) is 17.6. The van der Waals surface area contributed by atoms with Gasteiger partial charge in [0.2, 0.25) is 5.91 Å². The van der Waals surface area contributed by atoms with E-state index < -0.39 is 24.0 Å². The van der Waals surface area contributed by atoms with Crippen molar-refractivity contribution in [3.05, 3.63) is 75.8 Å². The standard InChI is InChI=1S/C34H35ClN10O4S2.2ClH/c1-19(33(47)48)45(32(46)27(38)3-2-12-42-34(40)41)13-14-49-24-10-6-20(7-11-24)28-25(15-36)29(39)44-31(26(28)16-37)51-18-23-17-50-30(43-23)21-4-8-22(35)9-5-21;;/h4-11,17,19,27H,2-3,12-14,18,38H2,1H3,(H2,39,44)(H,47,48)(H4,40,41,42);2*1H/t19-,27+;;/m1../s1. The van der Waals surface area contributed by atoms with Crippen LogP contribution in [-0.2, 0) is 15.3 Å². The smallest absolute Gasteiger partial charge is 0.326 e. The van der Waals surface area contributed by atoms with Crippen LogP contribution in [0.2, 0.25) is 5.02 Å². The predicted molar refractivity (Wildman–Crippen MR) is 212 cm³/mol.